The second-order valence-electron chi connectivity index (χ2n) is 5.22. The second kappa shape index (κ2) is 6.80. The quantitative estimate of drug-likeness (QED) is 0.834. The Kier molecular flexibility index (Phi) is 4.58. The average molecular weight is 321 g/mol. The first-order chi connectivity index (χ1) is 11.1. The molecule has 8 nitrogen and oxygen atoms in total. The summed E-state index contributed by atoms with van der Waals surface area (Å²) in [6.45, 7) is 1.16. The van der Waals surface area contributed by atoms with Gasteiger partial charge in [-0.2, -0.15) is 4.80 Å². The van der Waals surface area contributed by atoms with Crippen LogP contribution in [0, 0.1) is 5.82 Å². The first kappa shape index (κ1) is 15.5. The molecule has 1 fully saturated rings. The third-order valence-corrected chi connectivity index (χ3v) is 3.43. The highest BCUT2D eigenvalue weighted by molar-refractivity contribution is 5.75. The molecule has 2 aromatic rings. The standard InChI is InChI=1S/C14H16FN5O3/c15-11-3-1-10(2-4-11)14-16-18-20(17-14)8-13(22)19-5-6-23-9-12(21)7-19/h1-4,12,21H,5-9H2/t12-/m1/s1. The number of rotatable bonds is 3. The Hall–Kier alpha value is -2.39. The molecule has 1 aliphatic heterocycles. The van der Waals surface area contributed by atoms with Crippen LogP contribution in [-0.4, -0.2) is 68.5 Å². The molecule has 3 rings (SSSR count). The van der Waals surface area contributed by atoms with Crippen molar-refractivity contribution >= 4 is 5.91 Å². The Morgan fingerprint density at radius 2 is 2.17 bits per heavy atom. The van der Waals surface area contributed by atoms with Crippen LogP contribution in [0.5, 0.6) is 0 Å². The maximum Gasteiger partial charge on any atom is 0.246 e. The lowest BCUT2D eigenvalue weighted by atomic mass is 10.2. The van der Waals surface area contributed by atoms with Crippen LogP contribution in [0.25, 0.3) is 11.4 Å². The average Bonchev–Trinajstić information content (AvgIpc) is 2.88. The predicted molar refractivity (Wildman–Crippen MR) is 76.6 cm³/mol. The number of aromatic nitrogens is 4. The van der Waals surface area contributed by atoms with Crippen LogP contribution in [-0.2, 0) is 16.1 Å². The zero-order valence-electron chi connectivity index (χ0n) is 12.3. The maximum absolute atomic E-state index is 12.9. The largest absolute Gasteiger partial charge is 0.389 e. The van der Waals surface area contributed by atoms with Crippen molar-refractivity contribution < 1.29 is 19.0 Å². The van der Waals surface area contributed by atoms with Gasteiger partial charge in [0, 0.05) is 18.7 Å². The van der Waals surface area contributed by atoms with Crippen molar-refractivity contribution in [2.24, 2.45) is 0 Å². The molecule has 0 bridgehead atoms. The lowest BCUT2D eigenvalue weighted by molar-refractivity contribution is -0.133. The van der Waals surface area contributed by atoms with Crippen LogP contribution in [0.1, 0.15) is 0 Å². The van der Waals surface area contributed by atoms with E-state index in [-0.39, 0.29) is 31.4 Å². The first-order valence-corrected chi connectivity index (χ1v) is 7.19. The van der Waals surface area contributed by atoms with Gasteiger partial charge in [0.1, 0.15) is 12.4 Å². The lowest BCUT2D eigenvalue weighted by Crippen LogP contribution is -2.39. The van der Waals surface area contributed by atoms with Crippen molar-refractivity contribution in [3.63, 3.8) is 0 Å². The van der Waals surface area contributed by atoms with Crippen molar-refractivity contribution in [2.45, 2.75) is 12.6 Å². The minimum absolute atomic E-state index is 0.0824. The summed E-state index contributed by atoms with van der Waals surface area (Å²) < 4.78 is 18.1. The third kappa shape index (κ3) is 3.88. The number of hydrogen-bond donors (Lipinski definition) is 1. The van der Waals surface area contributed by atoms with Crippen LogP contribution in [0.2, 0.25) is 0 Å². The summed E-state index contributed by atoms with van der Waals surface area (Å²) in [4.78, 5) is 14.9. The van der Waals surface area contributed by atoms with Gasteiger partial charge in [-0.25, -0.2) is 4.39 Å². The third-order valence-electron chi connectivity index (χ3n) is 3.43. The van der Waals surface area contributed by atoms with Gasteiger partial charge in [-0.3, -0.25) is 4.79 Å². The Morgan fingerprint density at radius 1 is 1.39 bits per heavy atom. The number of aliphatic hydroxyl groups is 1. The molecule has 0 radical (unpaired) electrons. The highest BCUT2D eigenvalue weighted by Crippen LogP contribution is 2.13. The van der Waals surface area contributed by atoms with E-state index in [0.29, 0.717) is 24.5 Å². The van der Waals surface area contributed by atoms with Crippen LogP contribution in [0.15, 0.2) is 24.3 Å². The molecular weight excluding hydrogens is 305 g/mol. The molecule has 0 spiro atoms. The number of ether oxygens (including phenoxy) is 1. The smallest absolute Gasteiger partial charge is 0.246 e. The van der Waals surface area contributed by atoms with Gasteiger partial charge in [-0.1, -0.05) is 0 Å². The van der Waals surface area contributed by atoms with Crippen LogP contribution in [0.3, 0.4) is 0 Å². The lowest BCUT2D eigenvalue weighted by Gasteiger charge is -2.20. The van der Waals surface area contributed by atoms with E-state index in [0.717, 1.165) is 0 Å². The van der Waals surface area contributed by atoms with Gasteiger partial charge in [0.25, 0.3) is 0 Å². The number of halogens is 1. The Balaban J connectivity index is 1.66. The number of carbonyl (C=O) groups excluding carboxylic acids is 1. The van der Waals surface area contributed by atoms with Crippen molar-refractivity contribution in [1.82, 2.24) is 25.1 Å². The zero-order valence-corrected chi connectivity index (χ0v) is 12.3. The summed E-state index contributed by atoms with van der Waals surface area (Å²) in [6.07, 6.45) is -0.695. The summed E-state index contributed by atoms with van der Waals surface area (Å²) in [7, 11) is 0. The normalized spacial score (nSPS) is 18.7. The van der Waals surface area contributed by atoms with E-state index in [9.17, 15) is 14.3 Å². The molecule has 1 N–H and O–H groups in total. The van der Waals surface area contributed by atoms with Gasteiger partial charge >= 0.3 is 0 Å². The number of benzene rings is 1. The monoisotopic (exact) mass is 321 g/mol. The molecule has 1 atom stereocenters. The summed E-state index contributed by atoms with van der Waals surface area (Å²) in [5, 5.41) is 21.5. The molecular formula is C14H16FN5O3. The fourth-order valence-electron chi connectivity index (χ4n) is 2.26. The maximum atomic E-state index is 12.9. The van der Waals surface area contributed by atoms with Crippen molar-refractivity contribution in [3.05, 3.63) is 30.1 Å². The molecule has 1 aromatic heterocycles. The number of β-amino-alcohol motifs (C(OH)–C–C–N with tert-alkyl or cyclic N) is 1. The van der Waals surface area contributed by atoms with E-state index in [1.165, 1.54) is 21.8 Å². The number of aliphatic hydroxyl groups excluding tert-OH is 1. The number of carbonyl (C=O) groups is 1. The molecule has 1 aromatic carbocycles. The van der Waals surface area contributed by atoms with Gasteiger partial charge < -0.3 is 14.7 Å². The summed E-state index contributed by atoms with van der Waals surface area (Å²) in [6, 6.07) is 5.70. The fraction of sp³-hybridized carbons (Fsp3) is 0.429. The molecule has 1 saturated heterocycles. The summed E-state index contributed by atoms with van der Waals surface area (Å²) in [5.41, 5.74) is 0.615. The predicted octanol–water partition coefficient (Wildman–Crippen LogP) is -0.301. The van der Waals surface area contributed by atoms with Crippen molar-refractivity contribution in [2.75, 3.05) is 26.3 Å². The van der Waals surface area contributed by atoms with Crippen LogP contribution >= 0.6 is 0 Å². The Morgan fingerprint density at radius 3 is 2.96 bits per heavy atom. The van der Waals surface area contributed by atoms with E-state index in [1.807, 2.05) is 0 Å². The molecule has 23 heavy (non-hydrogen) atoms. The summed E-state index contributed by atoms with van der Waals surface area (Å²) in [5.74, 6) is -0.257. The van der Waals surface area contributed by atoms with E-state index in [1.54, 1.807) is 12.1 Å². The Bertz CT molecular complexity index is 675. The minimum atomic E-state index is -0.695. The SMILES string of the molecule is O=C(Cn1nnc(-c2ccc(F)cc2)n1)N1CCOC[C@H](O)C1. The van der Waals surface area contributed by atoms with Gasteiger partial charge in [-0.15, -0.1) is 10.2 Å². The molecule has 0 unspecified atom stereocenters. The highest BCUT2D eigenvalue weighted by atomic mass is 19.1. The van der Waals surface area contributed by atoms with Crippen LogP contribution < -0.4 is 0 Å². The van der Waals surface area contributed by atoms with Crippen molar-refractivity contribution in [3.8, 4) is 11.4 Å². The highest BCUT2D eigenvalue weighted by Gasteiger charge is 2.22. The molecule has 1 amide bonds. The molecule has 122 valence electrons. The van der Waals surface area contributed by atoms with Gasteiger partial charge in [-0.05, 0) is 29.5 Å². The molecule has 0 saturated carbocycles. The topological polar surface area (TPSA) is 93.4 Å². The first-order valence-electron chi connectivity index (χ1n) is 7.19. The second-order valence-corrected chi connectivity index (χ2v) is 5.22. The van der Waals surface area contributed by atoms with E-state index < -0.39 is 6.10 Å². The number of amides is 1. The van der Waals surface area contributed by atoms with Crippen molar-refractivity contribution in [1.29, 1.82) is 0 Å². The molecule has 1 aliphatic rings. The van der Waals surface area contributed by atoms with E-state index >= 15 is 0 Å². The zero-order chi connectivity index (χ0) is 16.2. The fourth-order valence-corrected chi connectivity index (χ4v) is 2.26. The number of tetrazole rings is 1. The van der Waals surface area contributed by atoms with Crippen LogP contribution in [0.4, 0.5) is 4.39 Å². The number of hydrogen-bond acceptors (Lipinski definition) is 6. The van der Waals surface area contributed by atoms with Gasteiger partial charge in [0.05, 0.1) is 19.3 Å². The van der Waals surface area contributed by atoms with E-state index in [4.69, 9.17) is 4.74 Å². The number of nitrogens with zero attached hydrogens (tertiary/aromatic N) is 5. The molecule has 2 heterocycles. The minimum Gasteiger partial charge on any atom is -0.389 e. The molecule has 0 aliphatic carbocycles. The summed E-state index contributed by atoms with van der Waals surface area (Å²) >= 11 is 0. The van der Waals surface area contributed by atoms with E-state index in [2.05, 4.69) is 15.4 Å². The van der Waals surface area contributed by atoms with Gasteiger partial charge in [0.15, 0.2) is 0 Å². The van der Waals surface area contributed by atoms with Gasteiger partial charge in [0.2, 0.25) is 11.7 Å². The Labute approximate surface area is 131 Å². The molecule has 9 heteroatoms.